The first kappa shape index (κ1) is 62.0. The molecule has 4 N–H and O–H groups in total. The van der Waals surface area contributed by atoms with E-state index >= 15 is 0 Å². The second-order valence-electron chi connectivity index (χ2n) is 21.1. The van der Waals surface area contributed by atoms with E-state index in [0.29, 0.717) is 63.3 Å². The molecule has 6 rings (SSSR count). The van der Waals surface area contributed by atoms with Crippen molar-refractivity contribution in [3.05, 3.63) is 131 Å². The predicted molar refractivity (Wildman–Crippen MR) is 290 cm³/mol. The molecule has 4 aromatic carbocycles. The van der Waals surface area contributed by atoms with Gasteiger partial charge in [-0.25, -0.2) is 8.42 Å². The summed E-state index contributed by atoms with van der Waals surface area (Å²) in [6, 6.07) is 27.0. The van der Waals surface area contributed by atoms with Gasteiger partial charge in [0.25, 0.3) is 5.91 Å². The van der Waals surface area contributed by atoms with Crippen LogP contribution in [0.15, 0.2) is 103 Å². The molecule has 4 aromatic rings. The largest absolute Gasteiger partial charge is 0.748 e. The van der Waals surface area contributed by atoms with Crippen molar-refractivity contribution in [3.63, 3.8) is 0 Å². The Balaban J connectivity index is 0.00000214. The van der Waals surface area contributed by atoms with Crippen LogP contribution in [0.1, 0.15) is 93.4 Å². The maximum absolute atomic E-state index is 14.6. The predicted octanol–water partition coefficient (Wildman–Crippen LogP) is 4.78. The number of esters is 1. The van der Waals surface area contributed by atoms with E-state index in [1.807, 2.05) is 94.4 Å². The van der Waals surface area contributed by atoms with E-state index in [2.05, 4.69) is 21.3 Å². The lowest BCUT2D eigenvalue weighted by Crippen LogP contribution is -2.61. The van der Waals surface area contributed by atoms with Gasteiger partial charge in [-0.2, -0.15) is 0 Å². The molecule has 4 amide bonds. The van der Waals surface area contributed by atoms with Gasteiger partial charge in [0.2, 0.25) is 17.7 Å². The van der Waals surface area contributed by atoms with Crippen LogP contribution >= 0.6 is 0 Å². The molecule has 5 atom stereocenters. The van der Waals surface area contributed by atoms with Crippen LogP contribution in [0.2, 0.25) is 0 Å². The van der Waals surface area contributed by atoms with E-state index in [1.165, 1.54) is 6.92 Å². The van der Waals surface area contributed by atoms with E-state index in [0.717, 1.165) is 28.5 Å². The molecule has 2 aliphatic heterocycles. The fraction of sp³-hybridized carbons (Fsp3) is 0.466. The zero-order valence-electron chi connectivity index (χ0n) is 45.6. The van der Waals surface area contributed by atoms with E-state index in [9.17, 15) is 33.6 Å². The van der Waals surface area contributed by atoms with Gasteiger partial charge >= 0.3 is 5.97 Å². The number of carbonyl (C=O) groups excluding carboxylic acids is 7. The van der Waals surface area contributed by atoms with Gasteiger partial charge < -0.3 is 49.3 Å². The van der Waals surface area contributed by atoms with E-state index in [1.54, 1.807) is 43.3 Å². The highest BCUT2D eigenvalue weighted by atomic mass is 32.2. The summed E-state index contributed by atoms with van der Waals surface area (Å²) in [5, 5.41) is 11.9. The molecule has 20 heteroatoms. The van der Waals surface area contributed by atoms with Crippen LogP contribution in [0.5, 0.6) is 11.5 Å². The van der Waals surface area contributed by atoms with Crippen molar-refractivity contribution in [2.24, 2.45) is 11.8 Å². The van der Waals surface area contributed by atoms with Gasteiger partial charge in [-0.1, -0.05) is 113 Å². The van der Waals surface area contributed by atoms with Crippen molar-refractivity contribution in [1.82, 2.24) is 21.3 Å². The third-order valence-corrected chi connectivity index (χ3v) is 13.1. The number of epoxide rings is 1. The zero-order chi connectivity index (χ0) is 57.0. The van der Waals surface area contributed by atoms with Crippen LogP contribution in [-0.4, -0.2) is 135 Å². The number of ketones is 1. The molecule has 78 heavy (non-hydrogen) atoms. The lowest BCUT2D eigenvalue weighted by Gasteiger charge is -2.41. The van der Waals surface area contributed by atoms with Gasteiger partial charge in [0.1, 0.15) is 56.3 Å². The molecule has 2 aliphatic rings. The Hall–Kier alpha value is -6.84. The molecular formula is C58H75N5O14S. The van der Waals surface area contributed by atoms with Crippen molar-refractivity contribution in [2.45, 2.75) is 117 Å². The fourth-order valence-electron chi connectivity index (χ4n) is 9.02. The fourth-order valence-corrected chi connectivity index (χ4v) is 9.02. The zero-order valence-corrected chi connectivity index (χ0v) is 46.4. The summed E-state index contributed by atoms with van der Waals surface area (Å²) < 4.78 is 50.4. The van der Waals surface area contributed by atoms with Gasteiger partial charge in [0.05, 0.1) is 36.0 Å². The Morgan fingerprint density at radius 1 is 0.705 bits per heavy atom. The van der Waals surface area contributed by atoms with E-state index < -0.39 is 63.6 Å². The van der Waals surface area contributed by atoms with Crippen molar-refractivity contribution >= 4 is 51.8 Å². The smallest absolute Gasteiger partial charge is 0.308 e. The lowest BCUT2D eigenvalue weighted by atomic mass is 9.93. The number of aldehydes is 1. The maximum atomic E-state index is 14.6. The summed E-state index contributed by atoms with van der Waals surface area (Å²) in [4.78, 5) is 94.6. The van der Waals surface area contributed by atoms with E-state index in [4.69, 9.17) is 31.9 Å². The molecule has 0 bridgehead atoms. The molecule has 2 fully saturated rings. The number of nitrogens with zero attached hydrogens (tertiary/aromatic N) is 1. The number of rotatable bonds is 27. The van der Waals surface area contributed by atoms with E-state index in [-0.39, 0.29) is 72.8 Å². The van der Waals surface area contributed by atoms with Crippen LogP contribution in [-0.2, 0) is 74.4 Å². The minimum absolute atomic E-state index is 0.00120. The van der Waals surface area contributed by atoms with Gasteiger partial charge in [0.15, 0.2) is 23.8 Å². The molecule has 4 unspecified atom stereocenters. The lowest BCUT2D eigenvalue weighted by molar-refractivity contribution is -0.940. The average molecular weight is 1100 g/mol. The Labute approximate surface area is 457 Å². The van der Waals surface area contributed by atoms with Crippen molar-refractivity contribution < 1.29 is 70.0 Å². The molecule has 0 saturated carbocycles. The molecule has 2 saturated heterocycles. The highest BCUT2D eigenvalue weighted by molar-refractivity contribution is 7.84. The normalized spacial score (nSPS) is 17.2. The van der Waals surface area contributed by atoms with Crippen LogP contribution in [0, 0.1) is 11.8 Å². The highest BCUT2D eigenvalue weighted by Crippen LogP contribution is 2.32. The van der Waals surface area contributed by atoms with Crippen LogP contribution in [0.3, 0.4) is 0 Å². The number of benzene rings is 4. The first-order valence-corrected chi connectivity index (χ1v) is 28.0. The van der Waals surface area contributed by atoms with Crippen LogP contribution in [0.25, 0.3) is 0 Å². The molecule has 0 radical (unpaired) electrons. The quantitative estimate of drug-likeness (QED) is 0.0157. The second-order valence-corrected chi connectivity index (χ2v) is 22.5. The topological polar surface area (TPSA) is 265 Å². The summed E-state index contributed by atoms with van der Waals surface area (Å²) >= 11 is 0. The number of Topliss-reactive ketones (excluding diaryl/α,β-unsaturated/α-hetero) is 1. The Morgan fingerprint density at radius 3 is 1.79 bits per heavy atom. The Bertz CT molecular complexity index is 2760. The van der Waals surface area contributed by atoms with Crippen molar-refractivity contribution in [2.75, 3.05) is 45.7 Å². The number of nitrogens with one attached hydrogen (secondary N) is 4. The minimum atomic E-state index is -3.92. The number of aryl methyl sites for hydroxylation is 1. The van der Waals surface area contributed by atoms with Gasteiger partial charge in [-0.05, 0) is 79.3 Å². The molecule has 0 spiro atoms. The molecule has 19 nitrogen and oxygen atoms in total. The van der Waals surface area contributed by atoms with Gasteiger partial charge in [0, 0.05) is 30.7 Å². The third-order valence-electron chi connectivity index (χ3n) is 13.1. The SMILES string of the molecule is CC(=O)Oc1ccc(C[N+]2(CC(=O)NC(CCc3ccccc3)C(=O)NC(CC(C)C)C(=O)NC(Cc3ccccc3)C(=O)NC(CC(C)C)C(=O)[C@@]3(C)CO3)CCOCC2)cc1OCc1ccc(C=O)cc1.CS(=O)(=O)[O-]. The third kappa shape index (κ3) is 21.2. The van der Waals surface area contributed by atoms with Gasteiger partial charge in [-0.3, -0.25) is 33.6 Å². The molecule has 422 valence electrons. The standard InChI is InChI=1S/C57H71N5O11.CH4O3S/c1-38(2)29-47(53(66)57(6)37-72-57)59-56(69)49(31-42-15-11-8-12-16-42)61-55(68)48(30-39(3)4)60-54(67)46(23-21-41-13-9-7-10-14-41)58-52(65)34-62(25-27-70-28-26-62)33-45-22-24-50(73-40(5)64)51(32-45)71-36-44-19-17-43(35-63)18-20-44;1-5(2,3)4/h7-20,22,24,32,35,38-39,46-49H,21,23,25-31,33-34,36-37H2,1-6H3,(H3-,58,59,60,61,65,67,68,69);1H3,(H,2,3,4)/t46?,47?,48?,49?,57-;/m1./s1. The first-order chi connectivity index (χ1) is 36.9. The van der Waals surface area contributed by atoms with Crippen LogP contribution in [0.4, 0.5) is 0 Å². The summed E-state index contributed by atoms with van der Waals surface area (Å²) in [7, 11) is -3.92. The number of morpholine rings is 1. The maximum Gasteiger partial charge on any atom is 0.308 e. The summed E-state index contributed by atoms with van der Waals surface area (Å²) in [6.07, 6.45) is 2.78. The number of hydrogen-bond donors (Lipinski definition) is 4. The monoisotopic (exact) mass is 1100 g/mol. The summed E-state index contributed by atoms with van der Waals surface area (Å²) in [5.74, 6) is -2.19. The number of hydrogen-bond acceptors (Lipinski definition) is 14. The molecule has 2 heterocycles. The molecule has 0 aliphatic carbocycles. The second kappa shape index (κ2) is 29.2. The summed E-state index contributed by atoms with van der Waals surface area (Å²) in [5.41, 5.74) is 2.92. The first-order valence-electron chi connectivity index (χ1n) is 26.2. The average Bonchev–Trinajstić information content (AvgIpc) is 4.15. The summed E-state index contributed by atoms with van der Waals surface area (Å²) in [6.45, 7) is 13.4. The highest BCUT2D eigenvalue weighted by Gasteiger charge is 2.50. The molecule has 0 aromatic heterocycles. The molecular weight excluding hydrogens is 1020 g/mol. The van der Waals surface area contributed by atoms with Crippen molar-refractivity contribution in [3.8, 4) is 11.5 Å². The van der Waals surface area contributed by atoms with Crippen molar-refractivity contribution in [1.29, 1.82) is 0 Å². The number of quaternary nitrogens is 1. The Kier molecular flexibility index (Phi) is 23.2. The number of carbonyl (C=O) groups is 7. The minimum Gasteiger partial charge on any atom is -0.748 e. The Morgan fingerprint density at radius 2 is 1.23 bits per heavy atom. The number of ether oxygens (including phenoxy) is 4. The van der Waals surface area contributed by atoms with Crippen LogP contribution < -0.4 is 30.7 Å². The van der Waals surface area contributed by atoms with Gasteiger partial charge in [-0.15, -0.1) is 0 Å². The number of amides is 4.